The van der Waals surface area contributed by atoms with E-state index >= 15 is 0 Å². The van der Waals surface area contributed by atoms with E-state index < -0.39 is 22.2 Å². The number of sulfonamides is 1. The van der Waals surface area contributed by atoms with Crippen molar-refractivity contribution in [3.8, 4) is 0 Å². The Labute approximate surface area is 99.9 Å². The molecule has 2 atom stereocenters. The third kappa shape index (κ3) is 2.08. The molecule has 0 saturated carbocycles. The third-order valence-corrected chi connectivity index (χ3v) is 5.06. The summed E-state index contributed by atoms with van der Waals surface area (Å²) in [6.45, 7) is 2.51. The van der Waals surface area contributed by atoms with Crippen molar-refractivity contribution in [2.75, 3.05) is 20.1 Å². The molecule has 96 valence electrons. The monoisotopic (exact) mass is 260 g/mol. The molecule has 7 nitrogen and oxygen atoms in total. The number of aromatic nitrogens is 2. The maximum Gasteiger partial charge on any atom is 0.246 e. The summed E-state index contributed by atoms with van der Waals surface area (Å²) in [5.74, 6) is 0. The van der Waals surface area contributed by atoms with Crippen LogP contribution in [0.2, 0.25) is 0 Å². The number of hydrogen-bond donors (Lipinski definition) is 3. The normalized spacial score (nSPS) is 25.6. The van der Waals surface area contributed by atoms with Gasteiger partial charge in [0.25, 0.3) is 0 Å². The van der Waals surface area contributed by atoms with Crippen LogP contribution in [0.3, 0.4) is 0 Å². The van der Waals surface area contributed by atoms with Crippen molar-refractivity contribution in [1.29, 1.82) is 0 Å². The van der Waals surface area contributed by atoms with Crippen molar-refractivity contribution in [2.24, 2.45) is 0 Å². The van der Waals surface area contributed by atoms with Gasteiger partial charge >= 0.3 is 0 Å². The van der Waals surface area contributed by atoms with Crippen LogP contribution in [-0.2, 0) is 10.0 Å². The summed E-state index contributed by atoms with van der Waals surface area (Å²) in [6, 6.07) is -0.436. The predicted molar refractivity (Wildman–Crippen MR) is 60.9 cm³/mol. The number of nitrogens with zero attached hydrogens (tertiary/aromatic N) is 2. The zero-order valence-electron chi connectivity index (χ0n) is 9.71. The van der Waals surface area contributed by atoms with E-state index in [1.165, 1.54) is 17.5 Å². The van der Waals surface area contributed by atoms with Crippen LogP contribution in [0.25, 0.3) is 0 Å². The Morgan fingerprint density at radius 1 is 1.53 bits per heavy atom. The molecule has 1 aliphatic heterocycles. The highest BCUT2D eigenvalue weighted by molar-refractivity contribution is 7.89. The van der Waals surface area contributed by atoms with Crippen LogP contribution in [0.4, 0.5) is 0 Å². The molecule has 3 N–H and O–H groups in total. The molecule has 1 aromatic rings. The van der Waals surface area contributed by atoms with E-state index in [0.29, 0.717) is 18.8 Å². The molecule has 17 heavy (non-hydrogen) atoms. The minimum absolute atomic E-state index is 0.152. The fraction of sp³-hybridized carbons (Fsp3) is 0.667. The number of nitrogens with one attached hydrogen (secondary N) is 2. The first kappa shape index (κ1) is 12.5. The molecule has 0 bridgehead atoms. The lowest BCUT2D eigenvalue weighted by atomic mass is 10.2. The molecule has 2 heterocycles. The fourth-order valence-corrected chi connectivity index (χ4v) is 3.46. The average molecular weight is 260 g/mol. The fourth-order valence-electron chi connectivity index (χ4n) is 1.96. The van der Waals surface area contributed by atoms with E-state index in [-0.39, 0.29) is 4.90 Å². The SMILES string of the molecule is Cc1[nH]ncc1S(=O)(=O)N(C)[C@H]1CNC[C@@H]1O. The van der Waals surface area contributed by atoms with Gasteiger partial charge in [-0.1, -0.05) is 0 Å². The lowest BCUT2D eigenvalue weighted by molar-refractivity contribution is 0.136. The van der Waals surface area contributed by atoms with Gasteiger partial charge in [-0.2, -0.15) is 9.40 Å². The molecular weight excluding hydrogens is 244 g/mol. The standard InChI is InChI=1S/C9H16N4O3S/c1-6-9(5-11-12-6)17(15,16)13(2)7-3-10-4-8(7)14/h5,7-8,10,14H,3-4H2,1-2H3,(H,11,12)/t7-,8-/m0/s1. The highest BCUT2D eigenvalue weighted by Crippen LogP contribution is 2.20. The maximum atomic E-state index is 12.3. The van der Waals surface area contributed by atoms with Crippen LogP contribution >= 0.6 is 0 Å². The lowest BCUT2D eigenvalue weighted by Gasteiger charge is -2.25. The van der Waals surface area contributed by atoms with Crippen LogP contribution < -0.4 is 5.32 Å². The number of H-pyrrole nitrogens is 1. The molecule has 1 aromatic heterocycles. The van der Waals surface area contributed by atoms with Gasteiger partial charge in [-0.3, -0.25) is 5.10 Å². The van der Waals surface area contributed by atoms with Crippen LogP contribution in [-0.4, -0.2) is 60.3 Å². The van der Waals surface area contributed by atoms with Crippen molar-refractivity contribution in [3.63, 3.8) is 0 Å². The van der Waals surface area contributed by atoms with Gasteiger partial charge in [-0.05, 0) is 6.92 Å². The summed E-state index contributed by atoms with van der Waals surface area (Å²) < 4.78 is 25.8. The molecule has 1 saturated heterocycles. The smallest absolute Gasteiger partial charge is 0.246 e. The van der Waals surface area contributed by atoms with Crippen molar-refractivity contribution >= 4 is 10.0 Å². The Bertz CT molecular complexity index is 498. The van der Waals surface area contributed by atoms with E-state index in [4.69, 9.17) is 0 Å². The predicted octanol–water partition coefficient (Wildman–Crippen LogP) is -1.33. The highest BCUT2D eigenvalue weighted by Gasteiger charge is 2.36. The molecule has 0 aliphatic carbocycles. The van der Waals surface area contributed by atoms with Gasteiger partial charge in [0.2, 0.25) is 10.0 Å². The largest absolute Gasteiger partial charge is 0.390 e. The number of likely N-dealkylation sites (N-methyl/N-ethyl adjacent to an activating group) is 1. The number of β-amino-alcohol motifs (C(OH)–C–C–N with tert-alkyl or cyclic N) is 1. The zero-order valence-corrected chi connectivity index (χ0v) is 10.5. The quantitative estimate of drug-likeness (QED) is 0.625. The van der Waals surface area contributed by atoms with E-state index in [2.05, 4.69) is 15.5 Å². The van der Waals surface area contributed by atoms with Crippen LogP contribution in [0.5, 0.6) is 0 Å². The minimum Gasteiger partial charge on any atom is -0.390 e. The van der Waals surface area contributed by atoms with Crippen LogP contribution in [0, 0.1) is 6.92 Å². The number of aryl methyl sites for hydroxylation is 1. The van der Waals surface area contributed by atoms with Crippen molar-refractivity contribution in [1.82, 2.24) is 19.8 Å². The Balaban J connectivity index is 2.30. The lowest BCUT2D eigenvalue weighted by Crippen LogP contribution is -2.44. The Kier molecular flexibility index (Phi) is 3.21. The van der Waals surface area contributed by atoms with Crippen molar-refractivity contribution < 1.29 is 13.5 Å². The summed E-state index contributed by atoms with van der Waals surface area (Å²) in [5.41, 5.74) is 0.497. The summed E-state index contributed by atoms with van der Waals surface area (Å²) >= 11 is 0. The molecule has 1 aliphatic rings. The van der Waals surface area contributed by atoms with Gasteiger partial charge in [0.15, 0.2) is 0 Å². The first-order chi connectivity index (χ1) is 7.94. The molecule has 0 amide bonds. The van der Waals surface area contributed by atoms with E-state index in [1.54, 1.807) is 6.92 Å². The molecule has 0 aromatic carbocycles. The van der Waals surface area contributed by atoms with Gasteiger partial charge < -0.3 is 10.4 Å². The van der Waals surface area contributed by atoms with Crippen LogP contribution in [0.15, 0.2) is 11.1 Å². The summed E-state index contributed by atoms with van der Waals surface area (Å²) in [4.78, 5) is 0.152. The summed E-state index contributed by atoms with van der Waals surface area (Å²) in [7, 11) is -2.13. The molecule has 0 unspecified atom stereocenters. The molecule has 1 fully saturated rings. The summed E-state index contributed by atoms with van der Waals surface area (Å²) in [5, 5.41) is 19.0. The maximum absolute atomic E-state index is 12.3. The molecule has 0 spiro atoms. The topological polar surface area (TPSA) is 98.3 Å². The van der Waals surface area contributed by atoms with E-state index in [1.807, 2.05) is 0 Å². The number of aromatic amines is 1. The Hall–Kier alpha value is -0.960. The second-order valence-corrected chi connectivity index (χ2v) is 6.14. The number of hydrogen-bond acceptors (Lipinski definition) is 5. The van der Waals surface area contributed by atoms with Crippen LogP contribution in [0.1, 0.15) is 5.69 Å². The summed E-state index contributed by atoms with van der Waals surface area (Å²) in [6.07, 6.45) is 0.609. The van der Waals surface area contributed by atoms with Gasteiger partial charge in [0.05, 0.1) is 24.0 Å². The number of aliphatic hydroxyl groups excluding tert-OH is 1. The highest BCUT2D eigenvalue weighted by atomic mass is 32.2. The Morgan fingerprint density at radius 2 is 2.24 bits per heavy atom. The van der Waals surface area contributed by atoms with E-state index in [9.17, 15) is 13.5 Å². The molecule has 2 rings (SSSR count). The molecule has 8 heteroatoms. The second kappa shape index (κ2) is 4.37. The van der Waals surface area contributed by atoms with Gasteiger partial charge in [-0.15, -0.1) is 0 Å². The molecule has 0 radical (unpaired) electrons. The zero-order chi connectivity index (χ0) is 12.6. The van der Waals surface area contributed by atoms with Gasteiger partial charge in [0.1, 0.15) is 4.90 Å². The second-order valence-electron chi connectivity index (χ2n) is 4.17. The van der Waals surface area contributed by atoms with Gasteiger partial charge in [-0.25, -0.2) is 8.42 Å². The third-order valence-electron chi connectivity index (χ3n) is 3.06. The van der Waals surface area contributed by atoms with Crippen molar-refractivity contribution in [2.45, 2.75) is 24.0 Å². The average Bonchev–Trinajstić information content (AvgIpc) is 2.86. The van der Waals surface area contributed by atoms with E-state index in [0.717, 1.165) is 0 Å². The number of aliphatic hydroxyl groups is 1. The first-order valence-electron chi connectivity index (χ1n) is 5.31. The van der Waals surface area contributed by atoms with Gasteiger partial charge in [0, 0.05) is 20.1 Å². The molecular formula is C9H16N4O3S. The first-order valence-corrected chi connectivity index (χ1v) is 6.75. The number of rotatable bonds is 3. The Morgan fingerprint density at radius 3 is 2.71 bits per heavy atom. The minimum atomic E-state index is -3.60. The van der Waals surface area contributed by atoms with Crippen molar-refractivity contribution in [3.05, 3.63) is 11.9 Å².